The Morgan fingerprint density at radius 3 is 2.25 bits per heavy atom. The van der Waals surface area contributed by atoms with Gasteiger partial charge in [-0.2, -0.15) is 5.23 Å². The summed E-state index contributed by atoms with van der Waals surface area (Å²) in [5, 5.41) is 12.3. The van der Waals surface area contributed by atoms with Crippen LogP contribution in [0.25, 0.3) is 0 Å². The van der Waals surface area contributed by atoms with Crippen LogP contribution in [0.1, 0.15) is 38.5 Å². The van der Waals surface area contributed by atoms with Gasteiger partial charge in [0.05, 0.1) is 24.4 Å². The minimum absolute atomic E-state index is 0.0321. The molecule has 0 radical (unpaired) electrons. The summed E-state index contributed by atoms with van der Waals surface area (Å²) in [4.78, 5) is 5.84. The number of fused-ring (bicyclic) bond motifs is 2. The van der Waals surface area contributed by atoms with Gasteiger partial charge in [0, 0.05) is 25.7 Å². The Kier molecular flexibility index (Phi) is 3.11. The van der Waals surface area contributed by atoms with Gasteiger partial charge in [-0.3, -0.25) is 0 Å². The molecule has 6 nitrogen and oxygen atoms in total. The van der Waals surface area contributed by atoms with E-state index in [1.807, 2.05) is 14.1 Å². The van der Waals surface area contributed by atoms with Crippen molar-refractivity contribution < 1.29 is 24.3 Å². The molecule has 2 saturated carbocycles. The first-order chi connectivity index (χ1) is 9.53. The molecule has 2 heterocycles. The lowest BCUT2D eigenvalue weighted by atomic mass is 9.94. The fourth-order valence-corrected chi connectivity index (χ4v) is 3.95. The van der Waals surface area contributed by atoms with Gasteiger partial charge in [-0.15, -0.1) is 4.65 Å². The Balaban J connectivity index is 1.33. The maximum absolute atomic E-state index is 12.4. The van der Waals surface area contributed by atoms with Crippen molar-refractivity contribution in [1.82, 2.24) is 0 Å². The number of epoxide rings is 2. The average Bonchev–Trinajstić information content (AvgIpc) is 3.30. The molecule has 1 N–H and O–H groups in total. The number of quaternary nitrogens is 2. The standard InChI is InChI=1S/C14H25N2O4/c1-16(2,10-4-6-12-14(8-10)19-12)20-15(17)9-3-5-11-13(7-9)18-11/h9-15H,3-8H2,1-2H3/q+1. The molecule has 7 unspecified atom stereocenters. The van der Waals surface area contributed by atoms with Crippen LogP contribution in [0.5, 0.6) is 0 Å². The molecule has 2 aliphatic carbocycles. The van der Waals surface area contributed by atoms with E-state index in [2.05, 4.69) is 0 Å². The van der Waals surface area contributed by atoms with Gasteiger partial charge in [0.15, 0.2) is 0 Å². The number of hydroxylamine groups is 5. The van der Waals surface area contributed by atoms with E-state index in [4.69, 9.17) is 14.4 Å². The largest absolute Gasteiger partial charge is 0.595 e. The number of nitrogens with one attached hydrogen (secondary N) is 1. The minimum Gasteiger partial charge on any atom is -0.595 e. The third kappa shape index (κ3) is 2.49. The highest BCUT2D eigenvalue weighted by Gasteiger charge is 2.51. The van der Waals surface area contributed by atoms with Crippen LogP contribution in [0, 0.1) is 5.21 Å². The molecular formula is C14H25N2O4+. The maximum Gasteiger partial charge on any atom is 0.127 e. The summed E-state index contributed by atoms with van der Waals surface area (Å²) in [6.45, 7) is 0. The number of nitrogens with zero attached hydrogens (tertiary/aromatic N) is 1. The number of ether oxygens (including phenoxy) is 2. The van der Waals surface area contributed by atoms with Crippen LogP contribution in [-0.2, 0) is 14.4 Å². The number of rotatable bonds is 4. The van der Waals surface area contributed by atoms with Crippen molar-refractivity contribution in [2.45, 2.75) is 75.0 Å². The zero-order chi connectivity index (χ0) is 13.9. The molecule has 20 heavy (non-hydrogen) atoms. The topological polar surface area (TPSA) is 61.8 Å². The molecule has 0 spiro atoms. The summed E-state index contributed by atoms with van der Waals surface area (Å²) in [7, 11) is 4.01. The first-order valence-electron chi connectivity index (χ1n) is 7.91. The fourth-order valence-electron chi connectivity index (χ4n) is 3.95. The lowest BCUT2D eigenvalue weighted by Gasteiger charge is -2.39. The lowest BCUT2D eigenvalue weighted by molar-refractivity contribution is -1.33. The molecule has 0 aromatic rings. The van der Waals surface area contributed by atoms with Crippen molar-refractivity contribution in [3.63, 3.8) is 0 Å². The predicted molar refractivity (Wildman–Crippen MR) is 70.1 cm³/mol. The Labute approximate surface area is 119 Å². The van der Waals surface area contributed by atoms with E-state index in [1.54, 1.807) is 0 Å². The Morgan fingerprint density at radius 2 is 1.60 bits per heavy atom. The molecule has 2 saturated heterocycles. The second-order valence-corrected chi connectivity index (χ2v) is 7.25. The summed E-state index contributed by atoms with van der Waals surface area (Å²) in [6.07, 6.45) is 7.65. The summed E-state index contributed by atoms with van der Waals surface area (Å²) < 4.78 is 11.4. The van der Waals surface area contributed by atoms with Crippen LogP contribution in [-0.4, -0.2) is 55.2 Å². The van der Waals surface area contributed by atoms with Crippen LogP contribution < -0.4 is 5.23 Å². The van der Waals surface area contributed by atoms with Crippen molar-refractivity contribution >= 4 is 0 Å². The Morgan fingerprint density at radius 1 is 0.950 bits per heavy atom. The molecule has 0 amide bonds. The molecule has 6 heteroatoms. The van der Waals surface area contributed by atoms with E-state index in [9.17, 15) is 5.21 Å². The molecule has 4 rings (SSSR count). The minimum atomic E-state index is -0.0391. The third-order valence-corrected chi connectivity index (χ3v) is 5.52. The second kappa shape index (κ2) is 4.63. The molecule has 0 bridgehead atoms. The van der Waals surface area contributed by atoms with E-state index in [1.165, 1.54) is 0 Å². The summed E-state index contributed by atoms with van der Waals surface area (Å²) in [5.74, 6) is 0. The van der Waals surface area contributed by atoms with Crippen molar-refractivity contribution in [2.24, 2.45) is 0 Å². The van der Waals surface area contributed by atoms with Crippen LogP contribution in [0.4, 0.5) is 0 Å². The average molecular weight is 285 g/mol. The van der Waals surface area contributed by atoms with Crippen molar-refractivity contribution in [3.05, 3.63) is 5.21 Å². The molecule has 114 valence electrons. The van der Waals surface area contributed by atoms with Gasteiger partial charge < -0.3 is 14.7 Å². The zero-order valence-electron chi connectivity index (χ0n) is 12.3. The quantitative estimate of drug-likeness (QED) is 0.446. The third-order valence-electron chi connectivity index (χ3n) is 5.52. The van der Waals surface area contributed by atoms with Crippen LogP contribution >= 0.6 is 0 Å². The summed E-state index contributed by atoms with van der Waals surface area (Å²) in [6, 6.07) is 0.404. The second-order valence-electron chi connectivity index (χ2n) is 7.25. The smallest absolute Gasteiger partial charge is 0.127 e. The lowest BCUT2D eigenvalue weighted by Crippen LogP contribution is -3.12. The summed E-state index contributed by atoms with van der Waals surface area (Å²) in [5.41, 5.74) is 0. The van der Waals surface area contributed by atoms with Gasteiger partial charge >= 0.3 is 0 Å². The first kappa shape index (κ1) is 13.4. The van der Waals surface area contributed by atoms with E-state index in [0.29, 0.717) is 35.1 Å². The highest BCUT2D eigenvalue weighted by molar-refractivity contribution is 4.92. The van der Waals surface area contributed by atoms with Gasteiger partial charge in [-0.1, -0.05) is 0 Å². The van der Waals surface area contributed by atoms with Gasteiger partial charge in [0.2, 0.25) is 0 Å². The Bertz CT molecular complexity index is 391. The normalized spacial score (nSPS) is 48.1. The molecule has 0 aromatic heterocycles. The van der Waals surface area contributed by atoms with E-state index >= 15 is 0 Å². The summed E-state index contributed by atoms with van der Waals surface area (Å²) >= 11 is 0. The van der Waals surface area contributed by atoms with Gasteiger partial charge in [-0.25, -0.2) is 0 Å². The van der Waals surface area contributed by atoms with Gasteiger partial charge in [-0.05, 0) is 17.8 Å². The molecule has 2 aliphatic heterocycles. The van der Waals surface area contributed by atoms with Crippen molar-refractivity contribution in [3.8, 4) is 0 Å². The number of hydrogen-bond donors (Lipinski definition) is 1. The monoisotopic (exact) mass is 285 g/mol. The van der Waals surface area contributed by atoms with Crippen LogP contribution in [0.2, 0.25) is 0 Å². The highest BCUT2D eigenvalue weighted by Crippen LogP contribution is 2.39. The molecular weight excluding hydrogens is 260 g/mol. The van der Waals surface area contributed by atoms with Gasteiger partial charge in [0.25, 0.3) is 0 Å². The maximum atomic E-state index is 12.4. The Hall–Kier alpha value is -0.240. The molecule has 7 atom stereocenters. The van der Waals surface area contributed by atoms with Gasteiger partial charge in [0.1, 0.15) is 26.2 Å². The molecule has 0 aromatic carbocycles. The SMILES string of the molecule is C[N+](C)(O[NH+]([O-])C1CCC2OC2C1)C1CCC2OC2C1. The van der Waals surface area contributed by atoms with E-state index in [-0.39, 0.29) is 11.3 Å². The van der Waals surface area contributed by atoms with Crippen LogP contribution in [0.15, 0.2) is 0 Å². The van der Waals surface area contributed by atoms with Crippen molar-refractivity contribution in [2.75, 3.05) is 14.1 Å². The highest BCUT2D eigenvalue weighted by atomic mass is 17.0. The zero-order valence-corrected chi connectivity index (χ0v) is 12.3. The van der Waals surface area contributed by atoms with E-state index in [0.717, 1.165) is 38.5 Å². The first-order valence-corrected chi connectivity index (χ1v) is 7.91. The van der Waals surface area contributed by atoms with Crippen LogP contribution in [0.3, 0.4) is 0 Å². The molecule has 4 fully saturated rings. The molecule has 4 aliphatic rings. The number of hydrogen-bond acceptors (Lipinski definition) is 4. The predicted octanol–water partition coefficient (Wildman–Crippen LogP) is -0.0681. The van der Waals surface area contributed by atoms with E-state index < -0.39 is 0 Å². The van der Waals surface area contributed by atoms with Crippen molar-refractivity contribution in [1.29, 1.82) is 0 Å². The fraction of sp³-hybridized carbons (Fsp3) is 1.00.